The van der Waals surface area contributed by atoms with Gasteiger partial charge in [-0.3, -0.25) is 4.55 Å². The minimum atomic E-state index is -2.39. The first-order valence-electron chi connectivity index (χ1n) is 8.54. The van der Waals surface area contributed by atoms with E-state index in [1.165, 1.54) is 15.6 Å². The SMILES string of the molecule is CC1C(c2ccccc2)C1(C(=O)OC(C)(C)C)N(c1ccc(Br)s1)S(=O)O. The predicted octanol–water partition coefficient (Wildman–Crippen LogP) is 4.97. The number of hydrogen-bond acceptors (Lipinski definition) is 4. The second-order valence-electron chi connectivity index (χ2n) is 7.61. The van der Waals surface area contributed by atoms with Gasteiger partial charge in [-0.05, 0) is 54.4 Å². The van der Waals surface area contributed by atoms with E-state index >= 15 is 0 Å². The average molecular weight is 472 g/mol. The van der Waals surface area contributed by atoms with Crippen molar-refractivity contribution in [1.82, 2.24) is 0 Å². The molecule has 0 radical (unpaired) electrons. The molecule has 146 valence electrons. The maximum atomic E-state index is 13.3. The van der Waals surface area contributed by atoms with Crippen molar-refractivity contribution in [2.24, 2.45) is 5.92 Å². The van der Waals surface area contributed by atoms with Crippen molar-refractivity contribution in [2.45, 2.75) is 44.8 Å². The van der Waals surface area contributed by atoms with Crippen LogP contribution in [-0.4, -0.2) is 25.9 Å². The fourth-order valence-electron chi connectivity index (χ4n) is 3.62. The van der Waals surface area contributed by atoms with Gasteiger partial charge in [0.05, 0.1) is 3.79 Å². The zero-order chi connectivity index (χ0) is 20.0. The number of nitrogens with zero attached hydrogens (tertiary/aromatic N) is 1. The number of carbonyl (C=O) groups excluding carboxylic acids is 1. The highest BCUT2D eigenvalue weighted by molar-refractivity contribution is 9.11. The molecule has 2 aromatic rings. The number of anilines is 1. The van der Waals surface area contributed by atoms with Crippen LogP contribution in [0.2, 0.25) is 0 Å². The molecule has 5 nitrogen and oxygen atoms in total. The summed E-state index contributed by atoms with van der Waals surface area (Å²) in [5, 5.41) is 0.541. The molecule has 1 saturated carbocycles. The number of ether oxygens (including phenoxy) is 1. The van der Waals surface area contributed by atoms with Gasteiger partial charge in [0.25, 0.3) is 11.3 Å². The van der Waals surface area contributed by atoms with E-state index in [0.717, 1.165) is 9.35 Å². The first-order chi connectivity index (χ1) is 12.6. The lowest BCUT2D eigenvalue weighted by molar-refractivity contribution is -0.158. The third kappa shape index (κ3) is 3.72. The van der Waals surface area contributed by atoms with Gasteiger partial charge in [-0.2, -0.15) is 0 Å². The van der Waals surface area contributed by atoms with Crippen LogP contribution >= 0.6 is 27.3 Å². The number of rotatable bonds is 5. The molecule has 27 heavy (non-hydrogen) atoms. The van der Waals surface area contributed by atoms with E-state index in [2.05, 4.69) is 15.9 Å². The van der Waals surface area contributed by atoms with E-state index in [4.69, 9.17) is 4.74 Å². The number of thiophene rings is 1. The molecule has 1 N–H and O–H groups in total. The molecule has 1 aromatic heterocycles. The molecule has 0 aliphatic heterocycles. The minimum absolute atomic E-state index is 0.188. The van der Waals surface area contributed by atoms with Crippen LogP contribution in [-0.2, 0) is 20.8 Å². The maximum absolute atomic E-state index is 13.3. The van der Waals surface area contributed by atoms with Gasteiger partial charge < -0.3 is 4.74 Å². The Morgan fingerprint density at radius 2 is 1.89 bits per heavy atom. The first-order valence-corrected chi connectivity index (χ1v) is 11.2. The highest BCUT2D eigenvalue weighted by Gasteiger charge is 2.74. The topological polar surface area (TPSA) is 66.8 Å². The Morgan fingerprint density at radius 1 is 1.26 bits per heavy atom. The highest BCUT2D eigenvalue weighted by atomic mass is 79.9. The number of esters is 1. The van der Waals surface area contributed by atoms with Crippen molar-refractivity contribution < 1.29 is 18.3 Å². The molecule has 4 atom stereocenters. The van der Waals surface area contributed by atoms with E-state index in [9.17, 15) is 13.6 Å². The Balaban J connectivity index is 2.13. The lowest BCUT2D eigenvalue weighted by Crippen LogP contribution is -2.49. The Bertz CT molecular complexity index is 864. The summed E-state index contributed by atoms with van der Waals surface area (Å²) in [7, 11) is 0. The van der Waals surface area contributed by atoms with Crippen LogP contribution in [0.4, 0.5) is 5.00 Å². The zero-order valence-electron chi connectivity index (χ0n) is 15.5. The normalized spacial score (nSPS) is 25.7. The molecule has 0 spiro atoms. The van der Waals surface area contributed by atoms with E-state index < -0.39 is 28.4 Å². The summed E-state index contributed by atoms with van der Waals surface area (Å²) in [6, 6.07) is 13.1. The standard InChI is InChI=1S/C19H22BrNO4S2/c1-12-16(13-8-6-5-7-9-13)19(12,17(22)25-18(2,3)4)21(27(23)24)15-11-10-14(20)26-15/h5-12,16H,1-4H3,(H,23,24). The summed E-state index contributed by atoms with van der Waals surface area (Å²) in [5.41, 5.74) is -0.993. The van der Waals surface area contributed by atoms with Gasteiger partial charge in [-0.25, -0.2) is 13.3 Å². The Hall–Kier alpha value is -1.22. The van der Waals surface area contributed by atoms with Crippen molar-refractivity contribution in [1.29, 1.82) is 0 Å². The van der Waals surface area contributed by atoms with Crippen LogP contribution in [0.1, 0.15) is 39.2 Å². The number of carbonyl (C=O) groups is 1. The van der Waals surface area contributed by atoms with Gasteiger partial charge in [0.1, 0.15) is 10.6 Å². The first kappa shape index (κ1) is 20.5. The molecule has 1 aliphatic carbocycles. The Labute approximate surface area is 174 Å². The summed E-state index contributed by atoms with van der Waals surface area (Å²) in [4.78, 5) is 13.3. The van der Waals surface area contributed by atoms with Gasteiger partial charge in [0.15, 0.2) is 5.54 Å². The van der Waals surface area contributed by atoms with Gasteiger partial charge in [0.2, 0.25) is 0 Å². The van der Waals surface area contributed by atoms with Crippen molar-refractivity contribution >= 4 is 49.5 Å². The van der Waals surface area contributed by atoms with E-state index in [1.54, 1.807) is 32.9 Å². The van der Waals surface area contributed by atoms with Crippen LogP contribution in [0, 0.1) is 5.92 Å². The lowest BCUT2D eigenvalue weighted by Gasteiger charge is -2.32. The van der Waals surface area contributed by atoms with E-state index in [0.29, 0.717) is 5.00 Å². The molecule has 1 fully saturated rings. The second kappa shape index (κ2) is 7.31. The average Bonchev–Trinajstić information content (AvgIpc) is 2.94. The number of halogens is 1. The second-order valence-corrected chi connectivity index (χ2v) is 10.9. The van der Waals surface area contributed by atoms with Crippen molar-refractivity contribution in [2.75, 3.05) is 4.31 Å². The summed E-state index contributed by atoms with van der Waals surface area (Å²) in [5.74, 6) is -0.916. The van der Waals surface area contributed by atoms with Crippen LogP contribution in [0.25, 0.3) is 0 Å². The molecule has 1 aliphatic rings. The summed E-state index contributed by atoms with van der Waals surface area (Å²) in [6.45, 7) is 7.31. The molecular formula is C19H22BrNO4S2. The van der Waals surface area contributed by atoms with Crippen LogP contribution in [0.15, 0.2) is 46.3 Å². The molecule has 4 unspecified atom stereocenters. The highest BCUT2D eigenvalue weighted by Crippen LogP contribution is 2.63. The number of hydrogen-bond donors (Lipinski definition) is 1. The molecule has 1 heterocycles. The lowest BCUT2D eigenvalue weighted by atomic mass is 10.1. The van der Waals surface area contributed by atoms with Gasteiger partial charge >= 0.3 is 5.97 Å². The fourth-order valence-corrected chi connectivity index (χ4v) is 6.08. The molecule has 0 amide bonds. The number of benzene rings is 1. The summed E-state index contributed by atoms with van der Waals surface area (Å²) < 4.78 is 30.4. The Morgan fingerprint density at radius 3 is 2.37 bits per heavy atom. The van der Waals surface area contributed by atoms with E-state index in [1.807, 2.05) is 37.3 Å². The minimum Gasteiger partial charge on any atom is -0.458 e. The van der Waals surface area contributed by atoms with Crippen molar-refractivity contribution in [3.63, 3.8) is 0 Å². The fraction of sp³-hybridized carbons (Fsp3) is 0.421. The molecular weight excluding hydrogens is 450 g/mol. The molecule has 0 saturated heterocycles. The smallest absolute Gasteiger partial charge is 0.334 e. The molecule has 0 bridgehead atoms. The molecule has 1 aromatic carbocycles. The van der Waals surface area contributed by atoms with Gasteiger partial charge in [0, 0.05) is 11.8 Å². The third-order valence-corrected chi connectivity index (χ3v) is 7.23. The van der Waals surface area contributed by atoms with Crippen molar-refractivity contribution in [3.05, 3.63) is 51.8 Å². The summed E-state index contributed by atoms with van der Waals surface area (Å²) >= 11 is 2.31. The monoisotopic (exact) mass is 471 g/mol. The molecule has 3 rings (SSSR count). The Kier molecular flexibility index (Phi) is 5.55. The zero-order valence-corrected chi connectivity index (χ0v) is 18.7. The predicted molar refractivity (Wildman–Crippen MR) is 112 cm³/mol. The van der Waals surface area contributed by atoms with Crippen LogP contribution < -0.4 is 4.31 Å². The van der Waals surface area contributed by atoms with Gasteiger partial charge in [-0.15, -0.1) is 11.3 Å². The quantitative estimate of drug-likeness (QED) is 0.493. The van der Waals surface area contributed by atoms with Crippen LogP contribution in [0.3, 0.4) is 0 Å². The third-order valence-electron chi connectivity index (χ3n) is 4.70. The largest absolute Gasteiger partial charge is 0.458 e. The van der Waals surface area contributed by atoms with Crippen molar-refractivity contribution in [3.8, 4) is 0 Å². The molecule has 8 heteroatoms. The van der Waals surface area contributed by atoms with Gasteiger partial charge in [-0.1, -0.05) is 37.3 Å². The van der Waals surface area contributed by atoms with E-state index in [-0.39, 0.29) is 11.8 Å². The maximum Gasteiger partial charge on any atom is 0.334 e. The summed E-state index contributed by atoms with van der Waals surface area (Å²) in [6.07, 6.45) is 0. The van der Waals surface area contributed by atoms with Crippen LogP contribution in [0.5, 0.6) is 0 Å².